The predicted molar refractivity (Wildman–Crippen MR) is 137 cm³/mol. The largest absolute Gasteiger partial charge is 0.373 e. The topological polar surface area (TPSA) is 69.7 Å². The number of hydrogen-bond acceptors (Lipinski definition) is 5. The summed E-state index contributed by atoms with van der Waals surface area (Å²) < 4.78 is 28.1. The molecule has 3 aromatic carbocycles. The van der Waals surface area contributed by atoms with Crippen LogP contribution in [-0.4, -0.2) is 47.3 Å². The highest BCUT2D eigenvalue weighted by atomic mass is 32.2. The van der Waals surface area contributed by atoms with E-state index in [1.54, 1.807) is 36.4 Å². The van der Waals surface area contributed by atoms with Crippen molar-refractivity contribution in [3.05, 3.63) is 84.4 Å². The highest BCUT2D eigenvalue weighted by Crippen LogP contribution is 2.25. The van der Waals surface area contributed by atoms with Crippen molar-refractivity contribution in [2.45, 2.75) is 16.7 Å². The van der Waals surface area contributed by atoms with E-state index < -0.39 is 10.0 Å². The third-order valence-electron chi connectivity index (χ3n) is 5.22. The number of carbonyl (C=O) groups is 1. The summed E-state index contributed by atoms with van der Waals surface area (Å²) in [5, 5.41) is 2.85. The number of sulfonamides is 1. The van der Waals surface area contributed by atoms with Gasteiger partial charge in [0.1, 0.15) is 6.54 Å². The molecule has 174 valence electrons. The van der Waals surface area contributed by atoms with Gasteiger partial charge in [-0.15, -0.1) is 11.8 Å². The maximum atomic E-state index is 13.5. The maximum Gasteiger partial charge on any atom is 0.264 e. The second-order valence-corrected chi connectivity index (χ2v) is 10.4. The van der Waals surface area contributed by atoms with Crippen LogP contribution in [0.25, 0.3) is 0 Å². The number of nitrogens with one attached hydrogen (secondary N) is 1. The molecule has 1 amide bonds. The summed E-state index contributed by atoms with van der Waals surface area (Å²) in [4.78, 5) is 15.9. The molecule has 0 aromatic heterocycles. The van der Waals surface area contributed by atoms with Crippen LogP contribution in [0, 0.1) is 6.92 Å². The minimum Gasteiger partial charge on any atom is -0.373 e. The smallest absolute Gasteiger partial charge is 0.264 e. The van der Waals surface area contributed by atoms with Crippen molar-refractivity contribution in [3.63, 3.8) is 0 Å². The van der Waals surface area contributed by atoms with Gasteiger partial charge in [0.15, 0.2) is 0 Å². The molecule has 0 spiro atoms. The van der Waals surface area contributed by atoms with E-state index in [0.717, 1.165) is 20.5 Å². The fraction of sp³-hybridized carbons (Fsp3) is 0.240. The van der Waals surface area contributed by atoms with Gasteiger partial charge in [-0.25, -0.2) is 8.42 Å². The van der Waals surface area contributed by atoms with Gasteiger partial charge >= 0.3 is 0 Å². The first-order chi connectivity index (χ1) is 15.8. The van der Waals surface area contributed by atoms with E-state index in [1.807, 2.05) is 67.6 Å². The van der Waals surface area contributed by atoms with Gasteiger partial charge in [-0.1, -0.05) is 35.9 Å². The van der Waals surface area contributed by atoms with Crippen LogP contribution in [0.4, 0.5) is 11.4 Å². The van der Waals surface area contributed by atoms with Crippen LogP contribution in [0.1, 0.15) is 5.56 Å². The van der Waals surface area contributed by atoms with Crippen molar-refractivity contribution in [2.75, 3.05) is 42.1 Å². The molecule has 0 aliphatic carbocycles. The van der Waals surface area contributed by atoms with E-state index in [2.05, 4.69) is 5.32 Å². The van der Waals surface area contributed by atoms with E-state index in [0.29, 0.717) is 18.8 Å². The van der Waals surface area contributed by atoms with E-state index in [1.165, 1.54) is 11.8 Å². The standard InChI is InChI=1S/C25H29N3O3S2/c1-20-9-11-22(12-10-20)28(33(30,31)24-15-13-23(32-3)14-16-24)19-25(29)26-17-18-27(2)21-7-5-4-6-8-21/h4-16H,17-19H2,1-3H3,(H,26,29). The molecule has 3 rings (SSSR count). The molecule has 8 heteroatoms. The van der Waals surface area contributed by atoms with Gasteiger partial charge in [-0.05, 0) is 61.7 Å². The lowest BCUT2D eigenvalue weighted by Crippen LogP contribution is -2.42. The van der Waals surface area contributed by atoms with Crippen LogP contribution < -0.4 is 14.5 Å². The summed E-state index contributed by atoms with van der Waals surface area (Å²) in [7, 11) is -1.97. The van der Waals surface area contributed by atoms with Crippen molar-refractivity contribution in [1.29, 1.82) is 0 Å². The van der Waals surface area contributed by atoms with Crippen molar-refractivity contribution >= 4 is 39.1 Å². The van der Waals surface area contributed by atoms with Crippen LogP contribution in [0.3, 0.4) is 0 Å². The predicted octanol–water partition coefficient (Wildman–Crippen LogP) is 4.16. The fourth-order valence-electron chi connectivity index (χ4n) is 3.26. The Balaban J connectivity index is 1.74. The molecule has 0 heterocycles. The number of para-hydroxylation sites is 1. The normalized spacial score (nSPS) is 11.1. The molecule has 0 aliphatic rings. The van der Waals surface area contributed by atoms with Gasteiger partial charge in [0, 0.05) is 30.7 Å². The number of anilines is 2. The number of amides is 1. The number of rotatable bonds is 10. The summed E-state index contributed by atoms with van der Waals surface area (Å²) in [6, 6.07) is 23.7. The quantitative estimate of drug-likeness (QED) is 0.439. The van der Waals surface area contributed by atoms with E-state index >= 15 is 0 Å². The average Bonchev–Trinajstić information content (AvgIpc) is 2.83. The van der Waals surface area contributed by atoms with Crippen molar-refractivity contribution in [2.24, 2.45) is 0 Å². The molecule has 0 saturated heterocycles. The number of likely N-dealkylation sites (N-methyl/N-ethyl adjacent to an activating group) is 1. The summed E-state index contributed by atoms with van der Waals surface area (Å²) in [5.41, 5.74) is 2.50. The summed E-state index contributed by atoms with van der Waals surface area (Å²) in [6.45, 7) is 2.63. The van der Waals surface area contributed by atoms with Gasteiger partial charge in [0.2, 0.25) is 5.91 Å². The third kappa shape index (κ3) is 6.52. The molecule has 0 saturated carbocycles. The van der Waals surface area contributed by atoms with E-state index in [9.17, 15) is 13.2 Å². The molecular formula is C25H29N3O3S2. The molecule has 0 atom stereocenters. The second kappa shape index (κ2) is 11.2. The minimum absolute atomic E-state index is 0.150. The Morgan fingerprint density at radius 1 is 0.909 bits per heavy atom. The zero-order valence-electron chi connectivity index (χ0n) is 19.1. The fourth-order valence-corrected chi connectivity index (χ4v) is 5.09. The first-order valence-corrected chi connectivity index (χ1v) is 13.2. The molecule has 0 bridgehead atoms. The monoisotopic (exact) mass is 483 g/mol. The lowest BCUT2D eigenvalue weighted by Gasteiger charge is -2.25. The minimum atomic E-state index is -3.92. The summed E-state index contributed by atoms with van der Waals surface area (Å²) >= 11 is 1.54. The number of nitrogens with zero attached hydrogens (tertiary/aromatic N) is 2. The van der Waals surface area contributed by atoms with Gasteiger partial charge in [0.05, 0.1) is 10.6 Å². The SMILES string of the molecule is CSc1ccc(S(=O)(=O)N(CC(=O)NCCN(C)c2ccccc2)c2ccc(C)cc2)cc1. The number of thioether (sulfide) groups is 1. The lowest BCUT2D eigenvalue weighted by atomic mass is 10.2. The molecule has 0 fully saturated rings. The summed E-state index contributed by atoms with van der Waals surface area (Å²) in [5.74, 6) is -0.360. The highest BCUT2D eigenvalue weighted by Gasteiger charge is 2.27. The first-order valence-electron chi connectivity index (χ1n) is 10.6. The lowest BCUT2D eigenvalue weighted by molar-refractivity contribution is -0.119. The van der Waals surface area contributed by atoms with Gasteiger partial charge in [-0.2, -0.15) is 0 Å². The number of hydrogen-bond donors (Lipinski definition) is 1. The highest BCUT2D eigenvalue weighted by molar-refractivity contribution is 7.98. The number of aryl methyl sites for hydroxylation is 1. The molecule has 0 unspecified atom stereocenters. The Labute approximate surface area is 200 Å². The Morgan fingerprint density at radius 3 is 2.15 bits per heavy atom. The molecule has 0 radical (unpaired) electrons. The third-order valence-corrected chi connectivity index (χ3v) is 7.75. The molecule has 0 aliphatic heterocycles. The van der Waals surface area contributed by atoms with Crippen LogP contribution in [0.2, 0.25) is 0 Å². The Kier molecular flexibility index (Phi) is 8.41. The second-order valence-electron chi connectivity index (χ2n) is 7.63. The van der Waals surface area contributed by atoms with Crippen molar-refractivity contribution < 1.29 is 13.2 Å². The molecule has 1 N–H and O–H groups in total. The first kappa shape index (κ1) is 24.7. The summed E-state index contributed by atoms with van der Waals surface area (Å²) in [6.07, 6.45) is 1.93. The van der Waals surface area contributed by atoms with Crippen molar-refractivity contribution in [1.82, 2.24) is 5.32 Å². The van der Waals surface area contributed by atoms with Crippen LogP contribution in [0.15, 0.2) is 88.7 Å². The van der Waals surface area contributed by atoms with Gasteiger partial charge in [0.25, 0.3) is 10.0 Å². The number of carbonyl (C=O) groups excluding carboxylic acids is 1. The molecule has 3 aromatic rings. The van der Waals surface area contributed by atoms with E-state index in [-0.39, 0.29) is 17.3 Å². The molecule has 6 nitrogen and oxygen atoms in total. The van der Waals surface area contributed by atoms with E-state index in [4.69, 9.17) is 0 Å². The van der Waals surface area contributed by atoms with Crippen LogP contribution >= 0.6 is 11.8 Å². The van der Waals surface area contributed by atoms with Crippen molar-refractivity contribution in [3.8, 4) is 0 Å². The van der Waals surface area contributed by atoms with Gasteiger partial charge in [-0.3, -0.25) is 9.10 Å². The van der Waals surface area contributed by atoms with Gasteiger partial charge < -0.3 is 10.2 Å². The molecular weight excluding hydrogens is 454 g/mol. The zero-order chi connectivity index (χ0) is 23.8. The molecule has 33 heavy (non-hydrogen) atoms. The Bertz CT molecular complexity index is 1150. The Hall–Kier alpha value is -2.97. The zero-order valence-corrected chi connectivity index (χ0v) is 20.7. The Morgan fingerprint density at radius 2 is 1.55 bits per heavy atom. The average molecular weight is 484 g/mol. The number of benzene rings is 3. The maximum absolute atomic E-state index is 13.5. The van der Waals surface area contributed by atoms with Crippen LogP contribution in [0.5, 0.6) is 0 Å². The van der Waals surface area contributed by atoms with Crippen LogP contribution in [-0.2, 0) is 14.8 Å².